The molecule has 3 heterocycles. The van der Waals surface area contributed by atoms with E-state index in [1.165, 1.54) is 10.6 Å². The number of likely N-dealkylation sites (N-methyl/N-ethyl adjacent to an activating group) is 1. The Morgan fingerprint density at radius 2 is 2.43 bits per heavy atom. The molecule has 3 rings (SSSR count). The Balaban J connectivity index is 1.51. The highest BCUT2D eigenvalue weighted by atomic mass is 32.1. The minimum Gasteiger partial charge on any atom is -0.356 e. The summed E-state index contributed by atoms with van der Waals surface area (Å²) in [7, 11) is 2.08. The zero-order valence-electron chi connectivity index (χ0n) is 12.2. The maximum Gasteiger partial charge on any atom is 0.222 e. The van der Waals surface area contributed by atoms with Gasteiger partial charge < -0.3 is 5.32 Å². The van der Waals surface area contributed by atoms with Crippen LogP contribution in [-0.2, 0) is 17.8 Å². The predicted molar refractivity (Wildman–Crippen MR) is 83.2 cm³/mol. The number of carbonyl (C=O) groups is 1. The Hall–Kier alpha value is -1.66. The standard InChI is InChI=1S/C15H20N4OS/c1-18-10-12-4-7-17-19(12)13(11-18)9-15(20)16-6-5-14-3-2-8-21-14/h2-4,7-8,13H,5-6,9-11H2,1H3,(H,16,20)/t13-/m0/s1. The van der Waals surface area contributed by atoms with Crippen LogP contribution >= 0.6 is 11.3 Å². The SMILES string of the molecule is CN1Cc2ccnn2[C@@H](CC(=O)NCCc2cccs2)C1. The van der Waals surface area contributed by atoms with E-state index in [1.807, 2.05) is 23.0 Å². The van der Waals surface area contributed by atoms with Gasteiger partial charge in [0.1, 0.15) is 0 Å². The summed E-state index contributed by atoms with van der Waals surface area (Å²) in [5.41, 5.74) is 1.18. The van der Waals surface area contributed by atoms with Gasteiger partial charge in [-0.1, -0.05) is 6.07 Å². The van der Waals surface area contributed by atoms with Crippen molar-refractivity contribution in [1.29, 1.82) is 0 Å². The molecule has 112 valence electrons. The second-order valence-corrected chi connectivity index (χ2v) is 6.53. The highest BCUT2D eigenvalue weighted by Crippen LogP contribution is 2.21. The number of nitrogens with zero attached hydrogens (tertiary/aromatic N) is 3. The summed E-state index contributed by atoms with van der Waals surface area (Å²) >= 11 is 1.73. The van der Waals surface area contributed by atoms with E-state index in [0.29, 0.717) is 13.0 Å². The number of amides is 1. The zero-order valence-corrected chi connectivity index (χ0v) is 13.0. The van der Waals surface area contributed by atoms with Gasteiger partial charge in [-0.3, -0.25) is 14.4 Å². The van der Waals surface area contributed by atoms with Crippen LogP contribution in [0, 0.1) is 0 Å². The van der Waals surface area contributed by atoms with Crippen molar-refractivity contribution in [3.05, 3.63) is 40.3 Å². The van der Waals surface area contributed by atoms with E-state index in [0.717, 1.165) is 19.5 Å². The normalized spacial score (nSPS) is 18.4. The molecule has 1 aliphatic rings. The first-order valence-electron chi connectivity index (χ1n) is 7.22. The minimum atomic E-state index is 0.105. The van der Waals surface area contributed by atoms with Gasteiger partial charge in [-0.05, 0) is 31.0 Å². The summed E-state index contributed by atoms with van der Waals surface area (Å²) in [6, 6.07) is 6.30. The minimum absolute atomic E-state index is 0.105. The van der Waals surface area contributed by atoms with Crippen LogP contribution in [0.4, 0.5) is 0 Å². The lowest BCUT2D eigenvalue weighted by Gasteiger charge is -2.31. The van der Waals surface area contributed by atoms with Gasteiger partial charge >= 0.3 is 0 Å². The first-order chi connectivity index (χ1) is 10.2. The predicted octanol–water partition coefficient (Wildman–Crippen LogP) is 1.68. The molecule has 0 bridgehead atoms. The summed E-state index contributed by atoms with van der Waals surface area (Å²) in [5.74, 6) is 0.105. The molecule has 0 saturated carbocycles. The number of carbonyl (C=O) groups excluding carboxylic acids is 1. The number of fused-ring (bicyclic) bond motifs is 1. The van der Waals surface area contributed by atoms with E-state index in [-0.39, 0.29) is 11.9 Å². The molecule has 2 aromatic rings. The summed E-state index contributed by atoms with van der Waals surface area (Å²) in [6.45, 7) is 2.47. The maximum absolute atomic E-state index is 12.1. The molecule has 0 saturated heterocycles. The maximum atomic E-state index is 12.1. The molecule has 0 aromatic carbocycles. The van der Waals surface area contributed by atoms with Crippen molar-refractivity contribution < 1.29 is 4.79 Å². The van der Waals surface area contributed by atoms with E-state index in [4.69, 9.17) is 0 Å². The topological polar surface area (TPSA) is 50.2 Å². The Morgan fingerprint density at radius 1 is 1.52 bits per heavy atom. The monoisotopic (exact) mass is 304 g/mol. The molecule has 0 fully saturated rings. The van der Waals surface area contributed by atoms with Crippen LogP contribution in [0.25, 0.3) is 0 Å². The number of thiophene rings is 1. The Kier molecular flexibility index (Phi) is 4.36. The first kappa shape index (κ1) is 14.3. The lowest BCUT2D eigenvalue weighted by Crippen LogP contribution is -2.38. The fourth-order valence-electron chi connectivity index (χ4n) is 2.79. The highest BCUT2D eigenvalue weighted by Gasteiger charge is 2.25. The van der Waals surface area contributed by atoms with E-state index >= 15 is 0 Å². The second kappa shape index (κ2) is 6.41. The molecule has 1 aliphatic heterocycles. The van der Waals surface area contributed by atoms with Gasteiger partial charge in [-0.15, -0.1) is 11.3 Å². The van der Waals surface area contributed by atoms with Crippen LogP contribution in [0.5, 0.6) is 0 Å². The highest BCUT2D eigenvalue weighted by molar-refractivity contribution is 7.09. The van der Waals surface area contributed by atoms with Crippen molar-refractivity contribution in [3.63, 3.8) is 0 Å². The van der Waals surface area contributed by atoms with Crippen LogP contribution < -0.4 is 5.32 Å². The number of rotatable bonds is 5. The average molecular weight is 304 g/mol. The number of hydrogen-bond acceptors (Lipinski definition) is 4. The third kappa shape index (κ3) is 3.51. The first-order valence-corrected chi connectivity index (χ1v) is 8.10. The van der Waals surface area contributed by atoms with Crippen LogP contribution in [-0.4, -0.2) is 40.7 Å². The van der Waals surface area contributed by atoms with Gasteiger partial charge in [0, 0.05) is 30.7 Å². The molecule has 2 aromatic heterocycles. The zero-order chi connectivity index (χ0) is 14.7. The van der Waals surface area contributed by atoms with E-state index in [9.17, 15) is 4.79 Å². The van der Waals surface area contributed by atoms with Gasteiger partial charge in [0.05, 0.1) is 18.2 Å². The summed E-state index contributed by atoms with van der Waals surface area (Å²) in [4.78, 5) is 15.7. The molecule has 0 aliphatic carbocycles. The molecule has 21 heavy (non-hydrogen) atoms. The Bertz CT molecular complexity index is 593. The molecule has 0 radical (unpaired) electrons. The largest absolute Gasteiger partial charge is 0.356 e. The number of hydrogen-bond donors (Lipinski definition) is 1. The summed E-state index contributed by atoms with van der Waals surface area (Å²) in [5, 5.41) is 9.44. The van der Waals surface area contributed by atoms with Crippen LogP contribution in [0.1, 0.15) is 23.0 Å². The summed E-state index contributed by atoms with van der Waals surface area (Å²) < 4.78 is 2.00. The van der Waals surface area contributed by atoms with Crippen LogP contribution in [0.15, 0.2) is 29.8 Å². The van der Waals surface area contributed by atoms with Crippen molar-refractivity contribution in [1.82, 2.24) is 20.0 Å². The lowest BCUT2D eigenvalue weighted by atomic mass is 10.1. The van der Waals surface area contributed by atoms with Gasteiger partial charge in [-0.25, -0.2) is 0 Å². The third-order valence-electron chi connectivity index (χ3n) is 3.75. The smallest absolute Gasteiger partial charge is 0.222 e. The van der Waals surface area contributed by atoms with Crippen molar-refractivity contribution in [3.8, 4) is 0 Å². The van der Waals surface area contributed by atoms with Gasteiger partial charge in [0.2, 0.25) is 5.91 Å². The van der Waals surface area contributed by atoms with Gasteiger partial charge in [-0.2, -0.15) is 5.10 Å². The molecular weight excluding hydrogens is 284 g/mol. The average Bonchev–Trinajstić information content (AvgIpc) is 3.09. The Morgan fingerprint density at radius 3 is 3.24 bits per heavy atom. The quantitative estimate of drug-likeness (QED) is 0.914. The number of aromatic nitrogens is 2. The molecule has 1 atom stereocenters. The molecule has 6 heteroatoms. The van der Waals surface area contributed by atoms with Crippen LogP contribution in [0.2, 0.25) is 0 Å². The molecule has 0 spiro atoms. The van der Waals surface area contributed by atoms with E-state index in [2.05, 4.69) is 33.8 Å². The lowest BCUT2D eigenvalue weighted by molar-refractivity contribution is -0.122. The summed E-state index contributed by atoms with van der Waals surface area (Å²) in [6.07, 6.45) is 3.21. The molecular formula is C15H20N4OS. The second-order valence-electron chi connectivity index (χ2n) is 5.50. The molecule has 1 N–H and O–H groups in total. The van der Waals surface area contributed by atoms with Crippen molar-refractivity contribution in [2.75, 3.05) is 20.1 Å². The van der Waals surface area contributed by atoms with E-state index < -0.39 is 0 Å². The van der Waals surface area contributed by atoms with Crippen LogP contribution in [0.3, 0.4) is 0 Å². The fourth-order valence-corrected chi connectivity index (χ4v) is 3.50. The molecule has 0 unspecified atom stereocenters. The van der Waals surface area contributed by atoms with Crippen molar-refractivity contribution in [2.24, 2.45) is 0 Å². The molecule has 1 amide bonds. The van der Waals surface area contributed by atoms with Crippen molar-refractivity contribution in [2.45, 2.75) is 25.4 Å². The fraction of sp³-hybridized carbons (Fsp3) is 0.467. The molecule has 5 nitrogen and oxygen atoms in total. The van der Waals surface area contributed by atoms with E-state index in [1.54, 1.807) is 11.3 Å². The van der Waals surface area contributed by atoms with Gasteiger partial charge in [0.15, 0.2) is 0 Å². The van der Waals surface area contributed by atoms with Crippen molar-refractivity contribution >= 4 is 17.2 Å². The number of nitrogens with one attached hydrogen (secondary N) is 1. The third-order valence-corrected chi connectivity index (χ3v) is 4.68. The van der Waals surface area contributed by atoms with Gasteiger partial charge in [0.25, 0.3) is 0 Å². The Labute approximate surface area is 128 Å².